The van der Waals surface area contributed by atoms with E-state index in [-0.39, 0.29) is 11.6 Å². The van der Waals surface area contributed by atoms with E-state index < -0.39 is 0 Å². The summed E-state index contributed by atoms with van der Waals surface area (Å²) in [7, 11) is 0. The number of hydrogen-bond acceptors (Lipinski definition) is 3. The molecule has 0 aliphatic carbocycles. The fourth-order valence-corrected chi connectivity index (χ4v) is 1.98. The summed E-state index contributed by atoms with van der Waals surface area (Å²) in [5.41, 5.74) is 0.560. The molecule has 1 aliphatic heterocycles. The molecule has 3 rings (SSSR count). The lowest BCUT2D eigenvalue weighted by atomic mass is 10.2. The molecule has 1 aliphatic rings. The summed E-state index contributed by atoms with van der Waals surface area (Å²) in [5, 5.41) is 7.44. The van der Waals surface area contributed by atoms with E-state index >= 15 is 0 Å². The summed E-state index contributed by atoms with van der Waals surface area (Å²) in [5.74, 6) is 0. The Morgan fingerprint density at radius 2 is 2.33 bits per heavy atom. The SMILES string of the molecule is CCC.O=c1c2[nH]ncc2ccn1[C@H]1CCOC1. The van der Waals surface area contributed by atoms with Gasteiger partial charge >= 0.3 is 0 Å². The average molecular weight is 249 g/mol. The molecule has 1 fully saturated rings. The van der Waals surface area contributed by atoms with Crippen molar-refractivity contribution in [2.24, 2.45) is 0 Å². The minimum Gasteiger partial charge on any atom is -0.379 e. The van der Waals surface area contributed by atoms with Gasteiger partial charge in [0.15, 0.2) is 0 Å². The highest BCUT2D eigenvalue weighted by Gasteiger charge is 2.19. The number of pyridine rings is 1. The standard InChI is InChI=1S/C10H11N3O2.C3H8/c14-10-9-7(5-11-12-9)1-3-13(10)8-2-4-15-6-8;1-3-2/h1,3,5,8H,2,4,6H2,(H,11,12);3H2,1-2H3/t8-;/m0./s1. The summed E-state index contributed by atoms with van der Waals surface area (Å²) < 4.78 is 7.00. The maximum Gasteiger partial charge on any atom is 0.276 e. The third kappa shape index (κ3) is 2.46. The van der Waals surface area contributed by atoms with Gasteiger partial charge in [0, 0.05) is 18.2 Å². The first kappa shape index (κ1) is 12.8. The average Bonchev–Trinajstić information content (AvgIpc) is 3.01. The molecule has 0 radical (unpaired) electrons. The van der Waals surface area contributed by atoms with E-state index in [1.807, 2.05) is 12.3 Å². The van der Waals surface area contributed by atoms with Crippen LogP contribution in [0.25, 0.3) is 10.9 Å². The Balaban J connectivity index is 0.000000367. The van der Waals surface area contributed by atoms with Gasteiger partial charge in [0.25, 0.3) is 5.56 Å². The number of H-pyrrole nitrogens is 1. The number of ether oxygens (including phenoxy) is 1. The van der Waals surface area contributed by atoms with Gasteiger partial charge in [-0.1, -0.05) is 20.3 Å². The first-order valence-electron chi connectivity index (χ1n) is 6.39. The Bertz CT molecular complexity index is 553. The lowest BCUT2D eigenvalue weighted by molar-refractivity contribution is 0.186. The van der Waals surface area contributed by atoms with Gasteiger partial charge in [-0.3, -0.25) is 9.89 Å². The molecule has 2 aromatic heterocycles. The van der Waals surface area contributed by atoms with E-state index in [1.165, 1.54) is 6.42 Å². The second kappa shape index (κ2) is 5.82. The van der Waals surface area contributed by atoms with E-state index in [9.17, 15) is 4.79 Å². The van der Waals surface area contributed by atoms with Crippen molar-refractivity contribution in [2.75, 3.05) is 13.2 Å². The molecule has 1 atom stereocenters. The van der Waals surface area contributed by atoms with Crippen LogP contribution in [0.3, 0.4) is 0 Å². The molecule has 0 amide bonds. The third-order valence-electron chi connectivity index (χ3n) is 2.83. The lowest BCUT2D eigenvalue weighted by Gasteiger charge is -2.11. The van der Waals surface area contributed by atoms with E-state index in [0.717, 1.165) is 18.4 Å². The Hall–Kier alpha value is -1.62. The third-order valence-corrected chi connectivity index (χ3v) is 2.83. The predicted octanol–water partition coefficient (Wildman–Crippen LogP) is 2.10. The molecule has 0 spiro atoms. The van der Waals surface area contributed by atoms with Gasteiger partial charge in [-0.25, -0.2) is 0 Å². The Kier molecular flexibility index (Phi) is 4.15. The van der Waals surface area contributed by atoms with Crippen molar-refractivity contribution < 1.29 is 4.74 Å². The Morgan fingerprint density at radius 1 is 1.56 bits per heavy atom. The van der Waals surface area contributed by atoms with Gasteiger partial charge in [-0.2, -0.15) is 5.10 Å². The molecule has 0 saturated carbocycles. The molecular weight excluding hydrogens is 230 g/mol. The Morgan fingerprint density at radius 3 is 3.00 bits per heavy atom. The highest BCUT2D eigenvalue weighted by molar-refractivity contribution is 5.76. The summed E-state index contributed by atoms with van der Waals surface area (Å²) in [6.45, 7) is 5.61. The number of nitrogens with one attached hydrogen (secondary N) is 1. The van der Waals surface area contributed by atoms with Crippen LogP contribution in [-0.2, 0) is 4.74 Å². The molecule has 0 aromatic carbocycles. The number of nitrogens with zero attached hydrogens (tertiary/aromatic N) is 2. The molecule has 1 saturated heterocycles. The van der Waals surface area contributed by atoms with Gasteiger partial charge in [-0.15, -0.1) is 0 Å². The van der Waals surface area contributed by atoms with E-state index in [2.05, 4.69) is 24.0 Å². The Labute approximate surface area is 106 Å². The van der Waals surface area contributed by atoms with Crippen molar-refractivity contribution in [1.29, 1.82) is 0 Å². The molecule has 3 heterocycles. The van der Waals surface area contributed by atoms with Gasteiger partial charge in [0.2, 0.25) is 0 Å². The summed E-state index contributed by atoms with van der Waals surface area (Å²) in [6, 6.07) is 2.07. The maximum atomic E-state index is 12.0. The molecule has 98 valence electrons. The smallest absolute Gasteiger partial charge is 0.276 e. The number of aromatic nitrogens is 3. The van der Waals surface area contributed by atoms with Crippen molar-refractivity contribution in [3.63, 3.8) is 0 Å². The van der Waals surface area contributed by atoms with Crippen LogP contribution in [0.2, 0.25) is 0 Å². The van der Waals surface area contributed by atoms with Gasteiger partial charge in [0.1, 0.15) is 5.52 Å². The second-order valence-corrected chi connectivity index (χ2v) is 4.45. The first-order chi connectivity index (χ1) is 8.77. The maximum absolute atomic E-state index is 12.0. The van der Waals surface area contributed by atoms with Crippen molar-refractivity contribution in [3.8, 4) is 0 Å². The molecule has 18 heavy (non-hydrogen) atoms. The van der Waals surface area contributed by atoms with E-state index in [1.54, 1.807) is 10.8 Å². The van der Waals surface area contributed by atoms with Crippen LogP contribution in [0.5, 0.6) is 0 Å². The first-order valence-corrected chi connectivity index (χ1v) is 6.39. The number of rotatable bonds is 1. The molecule has 5 heteroatoms. The van der Waals surface area contributed by atoms with Crippen molar-refractivity contribution >= 4 is 10.9 Å². The van der Waals surface area contributed by atoms with Crippen LogP contribution >= 0.6 is 0 Å². The molecular formula is C13H19N3O2. The second-order valence-electron chi connectivity index (χ2n) is 4.45. The summed E-state index contributed by atoms with van der Waals surface area (Å²) in [4.78, 5) is 12.0. The number of aromatic amines is 1. The molecule has 1 N–H and O–H groups in total. The molecule has 2 aromatic rings. The van der Waals surface area contributed by atoms with E-state index in [4.69, 9.17) is 4.74 Å². The molecule has 0 unspecified atom stereocenters. The van der Waals surface area contributed by atoms with Crippen LogP contribution in [0.15, 0.2) is 23.3 Å². The zero-order valence-corrected chi connectivity index (χ0v) is 10.8. The van der Waals surface area contributed by atoms with E-state index in [0.29, 0.717) is 12.1 Å². The summed E-state index contributed by atoms with van der Waals surface area (Å²) in [6.07, 6.45) is 5.63. The van der Waals surface area contributed by atoms with Crippen LogP contribution in [-0.4, -0.2) is 28.0 Å². The predicted molar refractivity (Wildman–Crippen MR) is 70.8 cm³/mol. The highest BCUT2D eigenvalue weighted by atomic mass is 16.5. The quantitative estimate of drug-likeness (QED) is 0.842. The summed E-state index contributed by atoms with van der Waals surface area (Å²) >= 11 is 0. The van der Waals surface area contributed by atoms with Crippen LogP contribution < -0.4 is 5.56 Å². The number of fused-ring (bicyclic) bond motifs is 1. The topological polar surface area (TPSA) is 59.9 Å². The van der Waals surface area contributed by atoms with Crippen molar-refractivity contribution in [3.05, 3.63) is 28.8 Å². The van der Waals surface area contributed by atoms with Crippen LogP contribution in [0.4, 0.5) is 0 Å². The van der Waals surface area contributed by atoms with Gasteiger partial charge in [-0.05, 0) is 12.5 Å². The van der Waals surface area contributed by atoms with Gasteiger partial charge < -0.3 is 9.30 Å². The minimum atomic E-state index is -0.0134. The highest BCUT2D eigenvalue weighted by Crippen LogP contribution is 2.17. The van der Waals surface area contributed by atoms with Crippen molar-refractivity contribution in [1.82, 2.24) is 14.8 Å². The molecule has 0 bridgehead atoms. The number of hydrogen-bond donors (Lipinski definition) is 1. The molecule has 5 nitrogen and oxygen atoms in total. The van der Waals surface area contributed by atoms with Crippen LogP contribution in [0.1, 0.15) is 32.7 Å². The fourth-order valence-electron chi connectivity index (χ4n) is 1.98. The van der Waals surface area contributed by atoms with Crippen LogP contribution in [0, 0.1) is 0 Å². The normalized spacial score (nSPS) is 18.7. The zero-order chi connectivity index (χ0) is 13.0. The zero-order valence-electron chi connectivity index (χ0n) is 10.8. The van der Waals surface area contributed by atoms with Crippen molar-refractivity contribution in [2.45, 2.75) is 32.7 Å². The fraction of sp³-hybridized carbons (Fsp3) is 0.538. The lowest BCUT2D eigenvalue weighted by Crippen LogP contribution is -2.24. The largest absolute Gasteiger partial charge is 0.379 e. The van der Waals surface area contributed by atoms with Gasteiger partial charge in [0.05, 0.1) is 18.8 Å². The minimum absolute atomic E-state index is 0.0134. The monoisotopic (exact) mass is 249 g/mol.